The van der Waals surface area contributed by atoms with Gasteiger partial charge in [-0.1, -0.05) is 17.3 Å². The Kier molecular flexibility index (Phi) is 5.03. The van der Waals surface area contributed by atoms with Crippen molar-refractivity contribution in [1.29, 1.82) is 0 Å². The second kappa shape index (κ2) is 7.17. The van der Waals surface area contributed by atoms with Crippen molar-refractivity contribution in [3.8, 4) is 0 Å². The Labute approximate surface area is 133 Å². The van der Waals surface area contributed by atoms with Crippen LogP contribution >= 0.6 is 0 Å². The number of benzene rings is 2. The van der Waals surface area contributed by atoms with Gasteiger partial charge in [-0.25, -0.2) is 4.79 Å². The fraction of sp³-hybridized carbons (Fsp3) is 0.125. The van der Waals surface area contributed by atoms with Crippen molar-refractivity contribution in [2.24, 2.45) is 10.9 Å². The number of hydrogen-bond donors (Lipinski definition) is 5. The molecule has 6 N–H and O–H groups in total. The predicted octanol–water partition coefficient (Wildman–Crippen LogP) is 2.06. The first kappa shape index (κ1) is 16.2. The van der Waals surface area contributed by atoms with Crippen LogP contribution < -0.4 is 16.4 Å². The molecule has 0 aliphatic heterocycles. The average Bonchev–Trinajstić information content (AvgIpc) is 2.59. The maximum atomic E-state index is 11.6. The summed E-state index contributed by atoms with van der Waals surface area (Å²) in [6.45, 7) is 0. The molecule has 2 rings (SSSR count). The van der Waals surface area contributed by atoms with Crippen molar-refractivity contribution in [3.05, 3.63) is 59.7 Å². The number of aliphatic carboxylic acids is 1. The zero-order chi connectivity index (χ0) is 16.8. The van der Waals surface area contributed by atoms with Gasteiger partial charge in [0.25, 0.3) is 0 Å². The molecular weight excluding hydrogens is 296 g/mol. The number of anilines is 2. The molecule has 2 aromatic rings. The van der Waals surface area contributed by atoms with Gasteiger partial charge in [-0.3, -0.25) is 0 Å². The lowest BCUT2D eigenvalue weighted by molar-refractivity contribution is -0.138. The van der Waals surface area contributed by atoms with Crippen LogP contribution in [0.4, 0.5) is 11.4 Å². The third kappa shape index (κ3) is 3.91. The number of nitrogens with zero attached hydrogens (tertiary/aromatic N) is 1. The van der Waals surface area contributed by atoms with Crippen LogP contribution in [0, 0.1) is 0 Å². The lowest BCUT2D eigenvalue weighted by Gasteiger charge is -2.17. The zero-order valence-corrected chi connectivity index (χ0v) is 12.5. The number of rotatable bonds is 6. The van der Waals surface area contributed by atoms with Crippen LogP contribution in [-0.4, -0.2) is 29.2 Å². The maximum absolute atomic E-state index is 11.6. The van der Waals surface area contributed by atoms with E-state index in [1.54, 1.807) is 49.5 Å². The zero-order valence-electron chi connectivity index (χ0n) is 12.5. The molecule has 120 valence electrons. The van der Waals surface area contributed by atoms with Crippen LogP contribution in [0.2, 0.25) is 0 Å². The van der Waals surface area contributed by atoms with E-state index in [-0.39, 0.29) is 5.84 Å². The van der Waals surface area contributed by atoms with Crippen molar-refractivity contribution >= 4 is 23.2 Å². The molecule has 0 amide bonds. The summed E-state index contributed by atoms with van der Waals surface area (Å²) < 4.78 is 0. The molecule has 0 saturated heterocycles. The summed E-state index contributed by atoms with van der Waals surface area (Å²) in [4.78, 5) is 11.6. The van der Waals surface area contributed by atoms with Crippen molar-refractivity contribution in [2.75, 3.05) is 17.7 Å². The Morgan fingerprint density at radius 2 is 1.87 bits per heavy atom. The quantitative estimate of drug-likeness (QED) is 0.241. The number of oxime groups is 1. The maximum Gasteiger partial charge on any atom is 0.330 e. The Bertz CT molecular complexity index is 714. The molecule has 0 aliphatic carbocycles. The van der Waals surface area contributed by atoms with Gasteiger partial charge in [0.05, 0.1) is 0 Å². The number of carboxylic acid groups (broad SMARTS) is 1. The number of hydrogen-bond acceptors (Lipinski definition) is 5. The lowest BCUT2D eigenvalue weighted by atomic mass is 10.1. The Balaban J connectivity index is 2.24. The Morgan fingerprint density at radius 1 is 1.17 bits per heavy atom. The van der Waals surface area contributed by atoms with E-state index in [1.165, 1.54) is 0 Å². The summed E-state index contributed by atoms with van der Waals surface area (Å²) in [5.74, 6) is -0.994. The SMILES string of the molecule is CNc1cccc(C(Nc2ccc(/C(N)=N/O)cc2)C(=O)O)c1. The monoisotopic (exact) mass is 314 g/mol. The number of amidine groups is 1. The molecule has 0 radical (unpaired) electrons. The highest BCUT2D eigenvalue weighted by molar-refractivity contribution is 5.97. The molecule has 0 aliphatic rings. The fourth-order valence-electron chi connectivity index (χ4n) is 2.12. The van der Waals surface area contributed by atoms with E-state index in [1.807, 2.05) is 6.07 Å². The summed E-state index contributed by atoms with van der Waals surface area (Å²) in [6, 6.07) is 12.9. The van der Waals surface area contributed by atoms with Crippen molar-refractivity contribution < 1.29 is 15.1 Å². The van der Waals surface area contributed by atoms with Crippen LogP contribution in [0.3, 0.4) is 0 Å². The number of nitrogens with two attached hydrogens (primary N) is 1. The van der Waals surface area contributed by atoms with E-state index in [2.05, 4.69) is 15.8 Å². The number of nitrogens with one attached hydrogen (secondary N) is 2. The molecular formula is C16H18N4O3. The van der Waals surface area contributed by atoms with Crippen LogP contribution in [0.25, 0.3) is 0 Å². The van der Waals surface area contributed by atoms with E-state index in [4.69, 9.17) is 10.9 Å². The Morgan fingerprint density at radius 3 is 2.43 bits per heavy atom. The summed E-state index contributed by atoms with van der Waals surface area (Å²) >= 11 is 0. The van der Waals surface area contributed by atoms with E-state index in [0.29, 0.717) is 16.8 Å². The van der Waals surface area contributed by atoms with Crippen LogP contribution in [0.15, 0.2) is 53.7 Å². The molecule has 7 heteroatoms. The molecule has 0 aromatic heterocycles. The van der Waals surface area contributed by atoms with E-state index >= 15 is 0 Å². The Hall–Kier alpha value is -3.22. The van der Waals surface area contributed by atoms with Gasteiger partial charge in [-0.2, -0.15) is 0 Å². The normalized spacial score (nSPS) is 12.5. The molecule has 0 bridgehead atoms. The van der Waals surface area contributed by atoms with Crippen LogP contribution in [0.5, 0.6) is 0 Å². The third-order valence-corrected chi connectivity index (χ3v) is 3.35. The first-order valence-corrected chi connectivity index (χ1v) is 6.90. The van der Waals surface area contributed by atoms with E-state index < -0.39 is 12.0 Å². The smallest absolute Gasteiger partial charge is 0.330 e. The standard InChI is InChI=1S/C16H18N4O3/c1-18-13-4-2-3-11(9-13)14(16(21)22)19-12-7-5-10(6-8-12)15(17)20-23/h2-9,14,18-19,23H,1H3,(H2,17,20)(H,21,22). The summed E-state index contributed by atoms with van der Waals surface area (Å²) in [5.41, 5.74) is 8.11. The molecule has 0 spiro atoms. The number of carbonyl (C=O) groups is 1. The highest BCUT2D eigenvalue weighted by Crippen LogP contribution is 2.23. The minimum atomic E-state index is -0.987. The van der Waals surface area contributed by atoms with Gasteiger partial charge in [0.1, 0.15) is 0 Å². The molecule has 0 saturated carbocycles. The number of carboxylic acids is 1. The molecule has 7 nitrogen and oxygen atoms in total. The summed E-state index contributed by atoms with van der Waals surface area (Å²) in [6.07, 6.45) is 0. The van der Waals surface area contributed by atoms with Gasteiger partial charge in [0.2, 0.25) is 0 Å². The average molecular weight is 314 g/mol. The molecule has 1 atom stereocenters. The second-order valence-corrected chi connectivity index (χ2v) is 4.85. The predicted molar refractivity (Wildman–Crippen MR) is 88.9 cm³/mol. The highest BCUT2D eigenvalue weighted by atomic mass is 16.4. The first-order valence-electron chi connectivity index (χ1n) is 6.90. The second-order valence-electron chi connectivity index (χ2n) is 4.85. The lowest BCUT2D eigenvalue weighted by Crippen LogP contribution is -2.20. The molecule has 23 heavy (non-hydrogen) atoms. The van der Waals surface area contributed by atoms with Gasteiger partial charge in [0.15, 0.2) is 11.9 Å². The van der Waals surface area contributed by atoms with Crippen LogP contribution in [0.1, 0.15) is 17.2 Å². The third-order valence-electron chi connectivity index (χ3n) is 3.35. The van der Waals surface area contributed by atoms with E-state index in [9.17, 15) is 9.90 Å². The minimum absolute atomic E-state index is 0.00643. The van der Waals surface area contributed by atoms with Crippen molar-refractivity contribution in [3.63, 3.8) is 0 Å². The van der Waals surface area contributed by atoms with E-state index in [0.717, 1.165) is 5.69 Å². The van der Waals surface area contributed by atoms with Gasteiger partial charge in [-0.15, -0.1) is 0 Å². The topological polar surface area (TPSA) is 120 Å². The fourth-order valence-corrected chi connectivity index (χ4v) is 2.12. The molecule has 1 unspecified atom stereocenters. The van der Waals surface area contributed by atoms with Gasteiger partial charge in [-0.05, 0) is 42.0 Å². The first-order chi connectivity index (χ1) is 11.0. The molecule has 0 fully saturated rings. The molecule has 2 aromatic carbocycles. The van der Waals surface area contributed by atoms with Gasteiger partial charge in [0, 0.05) is 24.0 Å². The van der Waals surface area contributed by atoms with Gasteiger partial charge >= 0.3 is 5.97 Å². The van der Waals surface area contributed by atoms with Crippen LogP contribution in [-0.2, 0) is 4.79 Å². The summed E-state index contributed by atoms with van der Waals surface area (Å²) in [7, 11) is 1.77. The summed E-state index contributed by atoms with van der Waals surface area (Å²) in [5, 5.41) is 27.0. The van der Waals surface area contributed by atoms with Crippen molar-refractivity contribution in [1.82, 2.24) is 0 Å². The van der Waals surface area contributed by atoms with Crippen molar-refractivity contribution in [2.45, 2.75) is 6.04 Å². The van der Waals surface area contributed by atoms with Gasteiger partial charge < -0.3 is 26.7 Å². The molecule has 0 heterocycles. The largest absolute Gasteiger partial charge is 0.479 e. The minimum Gasteiger partial charge on any atom is -0.479 e. The highest BCUT2D eigenvalue weighted by Gasteiger charge is 2.19.